The fourth-order valence-corrected chi connectivity index (χ4v) is 3.86. The van der Waals surface area contributed by atoms with Gasteiger partial charge in [0.25, 0.3) is 10.0 Å². The van der Waals surface area contributed by atoms with Crippen LogP contribution in [0, 0.1) is 0 Å². The molecule has 0 fully saturated rings. The van der Waals surface area contributed by atoms with Gasteiger partial charge in [-0.3, -0.25) is 0 Å². The SMILES string of the molecule is COc1cccc(-c2noc(CNS(=O)(=O)c3cccs3)n2)c1. The highest BCUT2D eigenvalue weighted by Crippen LogP contribution is 2.21. The Morgan fingerprint density at radius 2 is 2.17 bits per heavy atom. The van der Waals surface area contributed by atoms with E-state index in [0.29, 0.717) is 11.6 Å². The number of rotatable bonds is 6. The zero-order valence-electron chi connectivity index (χ0n) is 12.1. The molecular formula is C14H13N3O4S2. The quantitative estimate of drug-likeness (QED) is 0.732. The van der Waals surface area contributed by atoms with Crippen LogP contribution in [0.4, 0.5) is 0 Å². The highest BCUT2D eigenvalue weighted by atomic mass is 32.2. The van der Waals surface area contributed by atoms with Crippen molar-refractivity contribution in [3.8, 4) is 17.1 Å². The molecular weight excluding hydrogens is 338 g/mol. The van der Waals surface area contributed by atoms with Crippen molar-refractivity contribution < 1.29 is 17.7 Å². The van der Waals surface area contributed by atoms with Gasteiger partial charge in [-0.25, -0.2) is 13.1 Å². The average molecular weight is 351 g/mol. The first-order valence-corrected chi connectivity index (χ1v) is 8.95. The number of nitrogens with zero attached hydrogens (tertiary/aromatic N) is 2. The molecule has 3 rings (SSSR count). The highest BCUT2D eigenvalue weighted by Gasteiger charge is 2.17. The molecule has 120 valence electrons. The maximum Gasteiger partial charge on any atom is 0.250 e. The Morgan fingerprint density at radius 3 is 2.91 bits per heavy atom. The number of hydrogen-bond acceptors (Lipinski definition) is 7. The molecule has 2 heterocycles. The van der Waals surface area contributed by atoms with E-state index in [1.165, 1.54) is 6.07 Å². The lowest BCUT2D eigenvalue weighted by Crippen LogP contribution is -2.22. The number of nitrogens with one attached hydrogen (secondary N) is 1. The molecule has 0 spiro atoms. The van der Waals surface area contributed by atoms with Crippen molar-refractivity contribution in [3.05, 3.63) is 47.7 Å². The van der Waals surface area contributed by atoms with Crippen LogP contribution in [-0.4, -0.2) is 25.7 Å². The summed E-state index contributed by atoms with van der Waals surface area (Å²) in [5.41, 5.74) is 0.723. The zero-order valence-corrected chi connectivity index (χ0v) is 13.7. The molecule has 0 aliphatic heterocycles. The van der Waals surface area contributed by atoms with Gasteiger partial charge in [-0.15, -0.1) is 11.3 Å². The summed E-state index contributed by atoms with van der Waals surface area (Å²) in [5, 5.41) is 5.55. The molecule has 9 heteroatoms. The minimum Gasteiger partial charge on any atom is -0.497 e. The molecule has 0 saturated heterocycles. The van der Waals surface area contributed by atoms with Gasteiger partial charge in [0, 0.05) is 5.56 Å². The van der Waals surface area contributed by atoms with Crippen LogP contribution in [0.3, 0.4) is 0 Å². The monoisotopic (exact) mass is 351 g/mol. The number of thiophene rings is 1. The summed E-state index contributed by atoms with van der Waals surface area (Å²) in [6, 6.07) is 10.4. The van der Waals surface area contributed by atoms with E-state index >= 15 is 0 Å². The number of benzene rings is 1. The van der Waals surface area contributed by atoms with Gasteiger partial charge in [-0.2, -0.15) is 4.98 Å². The van der Waals surface area contributed by atoms with Crippen molar-refractivity contribution >= 4 is 21.4 Å². The predicted molar refractivity (Wildman–Crippen MR) is 84.6 cm³/mol. The van der Waals surface area contributed by atoms with Gasteiger partial charge >= 0.3 is 0 Å². The summed E-state index contributed by atoms with van der Waals surface area (Å²) in [6.45, 7) is -0.0722. The van der Waals surface area contributed by atoms with E-state index in [1.807, 2.05) is 12.1 Å². The number of aromatic nitrogens is 2. The summed E-state index contributed by atoms with van der Waals surface area (Å²) in [4.78, 5) is 4.18. The Morgan fingerprint density at radius 1 is 1.30 bits per heavy atom. The van der Waals surface area contributed by atoms with E-state index in [2.05, 4.69) is 14.9 Å². The average Bonchev–Trinajstić information content (AvgIpc) is 3.25. The van der Waals surface area contributed by atoms with Crippen molar-refractivity contribution in [2.24, 2.45) is 0 Å². The van der Waals surface area contributed by atoms with E-state index in [9.17, 15) is 8.42 Å². The topological polar surface area (TPSA) is 94.3 Å². The predicted octanol–water partition coefficient (Wildman–Crippen LogP) is 2.29. The molecule has 0 aliphatic rings. The minimum atomic E-state index is -3.56. The Kier molecular flexibility index (Phi) is 4.42. The van der Waals surface area contributed by atoms with E-state index < -0.39 is 10.0 Å². The summed E-state index contributed by atoms with van der Waals surface area (Å²) < 4.78 is 36.9. The molecule has 0 radical (unpaired) electrons. The lowest BCUT2D eigenvalue weighted by molar-refractivity contribution is 0.376. The second-order valence-corrected chi connectivity index (χ2v) is 7.44. The van der Waals surface area contributed by atoms with Crippen LogP contribution in [0.1, 0.15) is 5.89 Å². The Hall–Kier alpha value is -2.23. The maximum atomic E-state index is 12.0. The summed E-state index contributed by atoms with van der Waals surface area (Å²) in [6.07, 6.45) is 0. The molecule has 1 N–H and O–H groups in total. The third-order valence-corrected chi connectivity index (χ3v) is 5.77. The molecule has 1 aromatic carbocycles. The normalized spacial score (nSPS) is 11.5. The third-order valence-electron chi connectivity index (χ3n) is 2.97. The van der Waals surface area contributed by atoms with Gasteiger partial charge < -0.3 is 9.26 Å². The minimum absolute atomic E-state index is 0.0722. The van der Waals surface area contributed by atoms with Gasteiger partial charge in [0.2, 0.25) is 11.7 Å². The molecule has 0 bridgehead atoms. The van der Waals surface area contributed by atoms with Crippen molar-refractivity contribution in [2.75, 3.05) is 7.11 Å². The molecule has 0 unspecified atom stereocenters. The molecule has 7 nitrogen and oxygen atoms in total. The first-order chi connectivity index (χ1) is 11.1. The third kappa shape index (κ3) is 3.58. The zero-order chi connectivity index (χ0) is 16.3. The fourth-order valence-electron chi connectivity index (χ4n) is 1.85. The standard InChI is InChI=1S/C14H13N3O4S2/c1-20-11-5-2-4-10(8-11)14-16-12(21-17-14)9-15-23(18,19)13-6-3-7-22-13/h2-8,15H,9H2,1H3. The number of ether oxygens (including phenoxy) is 1. The maximum absolute atomic E-state index is 12.0. The lowest BCUT2D eigenvalue weighted by Gasteiger charge is -2.01. The van der Waals surface area contributed by atoms with Crippen molar-refractivity contribution in [2.45, 2.75) is 10.8 Å². The number of sulfonamides is 1. The van der Waals surface area contributed by atoms with Gasteiger partial charge in [0.15, 0.2) is 0 Å². The molecule has 0 saturated carbocycles. The Labute approximate surface area is 137 Å². The van der Waals surface area contributed by atoms with E-state index in [0.717, 1.165) is 16.9 Å². The number of hydrogen-bond donors (Lipinski definition) is 1. The van der Waals surface area contributed by atoms with E-state index in [-0.39, 0.29) is 16.6 Å². The Balaban J connectivity index is 1.72. The van der Waals surface area contributed by atoms with Crippen molar-refractivity contribution in [1.82, 2.24) is 14.9 Å². The van der Waals surface area contributed by atoms with Crippen LogP contribution in [0.25, 0.3) is 11.4 Å². The van der Waals surface area contributed by atoms with Gasteiger partial charge in [0.05, 0.1) is 13.7 Å². The van der Waals surface area contributed by atoms with Crippen LogP contribution >= 0.6 is 11.3 Å². The van der Waals surface area contributed by atoms with Crippen molar-refractivity contribution in [3.63, 3.8) is 0 Å². The molecule has 2 aromatic heterocycles. The van der Waals surface area contributed by atoms with Gasteiger partial charge in [0.1, 0.15) is 9.96 Å². The fraction of sp³-hybridized carbons (Fsp3) is 0.143. The van der Waals surface area contributed by atoms with Crippen LogP contribution in [0.5, 0.6) is 5.75 Å². The molecule has 23 heavy (non-hydrogen) atoms. The van der Waals surface area contributed by atoms with Gasteiger partial charge in [-0.05, 0) is 23.6 Å². The van der Waals surface area contributed by atoms with E-state index in [4.69, 9.17) is 9.26 Å². The number of methoxy groups -OCH3 is 1. The summed E-state index contributed by atoms with van der Waals surface area (Å²) in [7, 11) is -1.99. The van der Waals surface area contributed by atoms with E-state index in [1.54, 1.807) is 30.7 Å². The van der Waals surface area contributed by atoms with Crippen LogP contribution in [-0.2, 0) is 16.6 Å². The molecule has 0 aliphatic carbocycles. The van der Waals surface area contributed by atoms with Crippen molar-refractivity contribution in [1.29, 1.82) is 0 Å². The second-order valence-electron chi connectivity index (χ2n) is 4.50. The molecule has 3 aromatic rings. The summed E-state index contributed by atoms with van der Waals surface area (Å²) in [5.74, 6) is 1.23. The largest absolute Gasteiger partial charge is 0.497 e. The Bertz CT molecular complexity index is 888. The highest BCUT2D eigenvalue weighted by molar-refractivity contribution is 7.91. The molecule has 0 amide bonds. The van der Waals surface area contributed by atoms with Crippen LogP contribution in [0.15, 0.2) is 50.5 Å². The lowest BCUT2D eigenvalue weighted by atomic mass is 10.2. The van der Waals surface area contributed by atoms with Crippen LogP contribution in [0.2, 0.25) is 0 Å². The smallest absolute Gasteiger partial charge is 0.250 e. The first-order valence-electron chi connectivity index (χ1n) is 6.59. The second kappa shape index (κ2) is 6.49. The summed E-state index contributed by atoms with van der Waals surface area (Å²) >= 11 is 1.14. The first kappa shape index (κ1) is 15.7. The van der Waals surface area contributed by atoms with Gasteiger partial charge in [-0.1, -0.05) is 23.4 Å². The van der Waals surface area contributed by atoms with Crippen LogP contribution < -0.4 is 9.46 Å². The molecule has 0 atom stereocenters.